The Morgan fingerprint density at radius 1 is 1.19 bits per heavy atom. The van der Waals surface area contributed by atoms with Crippen molar-refractivity contribution >= 4 is 17.3 Å². The molecule has 1 aromatic carbocycles. The van der Waals surface area contributed by atoms with Gasteiger partial charge >= 0.3 is 0 Å². The summed E-state index contributed by atoms with van der Waals surface area (Å²) in [4.78, 5) is 20.7. The lowest BCUT2D eigenvalue weighted by Gasteiger charge is -2.22. The number of aromatic amines is 1. The van der Waals surface area contributed by atoms with Crippen molar-refractivity contribution in [3.05, 3.63) is 53.7 Å². The first-order valence-electron chi connectivity index (χ1n) is 12.4. The molecule has 0 bridgehead atoms. The van der Waals surface area contributed by atoms with Gasteiger partial charge in [0.05, 0.1) is 42.5 Å². The van der Waals surface area contributed by atoms with Crippen LogP contribution in [0.3, 0.4) is 0 Å². The molecular formula is C27H35FN4O4. The van der Waals surface area contributed by atoms with Crippen molar-refractivity contribution in [2.75, 3.05) is 38.8 Å². The topological polar surface area (TPSA) is 97.5 Å². The maximum absolute atomic E-state index is 14.4. The highest BCUT2D eigenvalue weighted by atomic mass is 19.1. The summed E-state index contributed by atoms with van der Waals surface area (Å²) in [7, 11) is 1.41. The second-order valence-electron chi connectivity index (χ2n) is 7.84. The van der Waals surface area contributed by atoms with Gasteiger partial charge in [-0.2, -0.15) is 0 Å². The largest absolute Gasteiger partial charge is 0.492 e. The first kappa shape index (κ1) is 27.0. The standard InChI is InChI=1S/C25H29FN4O4.C2H6/c1-4-15-13-28-25(31)20-21(15)30-22(16-9-10-27-14-19(16)34-12-11-33-5-2)23(20)29-18-8-6-7-17(26)24(18)32-3;1-2/h6-10,14-15,29-30H,4-5,11-13H2,1-3H3,(H,28,31);1-2H3. The van der Waals surface area contributed by atoms with Crippen LogP contribution in [0.5, 0.6) is 11.5 Å². The second-order valence-corrected chi connectivity index (χ2v) is 7.84. The molecule has 9 heteroatoms. The van der Waals surface area contributed by atoms with Crippen molar-refractivity contribution < 1.29 is 23.4 Å². The third-order valence-corrected chi connectivity index (χ3v) is 5.84. The fourth-order valence-corrected chi connectivity index (χ4v) is 4.15. The van der Waals surface area contributed by atoms with Crippen LogP contribution in [0.25, 0.3) is 11.3 Å². The molecule has 0 radical (unpaired) electrons. The van der Waals surface area contributed by atoms with Gasteiger partial charge in [0, 0.05) is 36.5 Å². The molecule has 8 nitrogen and oxygen atoms in total. The zero-order valence-electron chi connectivity index (χ0n) is 21.5. The Morgan fingerprint density at radius 2 is 2.00 bits per heavy atom. The van der Waals surface area contributed by atoms with Crippen LogP contribution in [-0.4, -0.2) is 49.4 Å². The van der Waals surface area contributed by atoms with E-state index in [-0.39, 0.29) is 17.6 Å². The molecule has 3 aromatic rings. The van der Waals surface area contributed by atoms with Crippen LogP contribution in [0.1, 0.15) is 56.1 Å². The number of benzene rings is 1. The average molecular weight is 499 g/mol. The number of aromatic nitrogens is 2. The van der Waals surface area contributed by atoms with Crippen molar-refractivity contribution in [1.29, 1.82) is 0 Å². The number of anilines is 2. The number of ether oxygens (including phenoxy) is 3. The number of rotatable bonds is 10. The molecule has 1 aliphatic heterocycles. The molecule has 0 aliphatic carbocycles. The van der Waals surface area contributed by atoms with E-state index in [1.807, 2.05) is 26.8 Å². The summed E-state index contributed by atoms with van der Waals surface area (Å²) in [6, 6.07) is 6.43. The Labute approximate surface area is 211 Å². The first-order chi connectivity index (χ1) is 17.6. The smallest absolute Gasteiger partial charge is 0.255 e. The van der Waals surface area contributed by atoms with E-state index in [1.165, 1.54) is 13.2 Å². The van der Waals surface area contributed by atoms with Crippen LogP contribution in [0.2, 0.25) is 0 Å². The van der Waals surface area contributed by atoms with Gasteiger partial charge in [0.1, 0.15) is 12.4 Å². The van der Waals surface area contributed by atoms with Crippen LogP contribution in [0.4, 0.5) is 15.8 Å². The molecule has 3 heterocycles. The van der Waals surface area contributed by atoms with Gasteiger partial charge in [0.25, 0.3) is 5.91 Å². The molecule has 194 valence electrons. The minimum atomic E-state index is -0.502. The molecule has 3 N–H and O–H groups in total. The van der Waals surface area contributed by atoms with E-state index < -0.39 is 5.82 Å². The van der Waals surface area contributed by atoms with E-state index in [0.717, 1.165) is 17.7 Å². The fraction of sp³-hybridized carbons (Fsp3) is 0.407. The van der Waals surface area contributed by atoms with E-state index in [0.29, 0.717) is 54.7 Å². The quantitative estimate of drug-likeness (QED) is 0.313. The van der Waals surface area contributed by atoms with Gasteiger partial charge in [-0.15, -0.1) is 0 Å². The van der Waals surface area contributed by atoms with E-state index in [4.69, 9.17) is 14.2 Å². The van der Waals surface area contributed by atoms with Crippen LogP contribution < -0.4 is 20.1 Å². The van der Waals surface area contributed by atoms with Crippen LogP contribution >= 0.6 is 0 Å². The van der Waals surface area contributed by atoms with E-state index in [2.05, 4.69) is 27.5 Å². The normalized spacial score (nSPS) is 14.3. The number of para-hydroxylation sites is 1. The summed E-state index contributed by atoms with van der Waals surface area (Å²) in [5, 5.41) is 6.23. The van der Waals surface area contributed by atoms with Crippen LogP contribution in [-0.2, 0) is 4.74 Å². The zero-order valence-corrected chi connectivity index (χ0v) is 21.5. The molecule has 1 atom stereocenters. The third-order valence-electron chi connectivity index (χ3n) is 5.84. The Balaban J connectivity index is 0.00000176. The van der Waals surface area contributed by atoms with Crippen LogP contribution in [0, 0.1) is 5.82 Å². The number of pyridine rings is 1. The summed E-state index contributed by atoms with van der Waals surface area (Å²) in [6.45, 7) is 9.93. The average Bonchev–Trinajstić information content (AvgIpc) is 3.28. The summed E-state index contributed by atoms with van der Waals surface area (Å²) < 4.78 is 31.0. The first-order valence-corrected chi connectivity index (χ1v) is 12.4. The Hall–Kier alpha value is -3.59. The van der Waals surface area contributed by atoms with E-state index in [9.17, 15) is 9.18 Å². The van der Waals surface area contributed by atoms with Crippen molar-refractivity contribution in [1.82, 2.24) is 15.3 Å². The number of nitrogens with zero attached hydrogens (tertiary/aromatic N) is 1. The lowest BCUT2D eigenvalue weighted by molar-refractivity contribution is 0.0940. The van der Waals surface area contributed by atoms with Gasteiger partial charge in [-0.3, -0.25) is 9.78 Å². The number of hydrogen-bond donors (Lipinski definition) is 3. The highest BCUT2D eigenvalue weighted by molar-refractivity contribution is 6.07. The zero-order chi connectivity index (χ0) is 26.1. The highest BCUT2D eigenvalue weighted by Crippen LogP contribution is 2.44. The molecule has 4 rings (SSSR count). The highest BCUT2D eigenvalue weighted by Gasteiger charge is 2.33. The molecule has 1 aliphatic rings. The number of nitrogens with one attached hydrogen (secondary N) is 3. The molecular weight excluding hydrogens is 463 g/mol. The Morgan fingerprint density at radius 3 is 2.72 bits per heavy atom. The minimum absolute atomic E-state index is 0.0644. The molecule has 0 saturated carbocycles. The number of amides is 1. The molecule has 36 heavy (non-hydrogen) atoms. The summed E-state index contributed by atoms with van der Waals surface area (Å²) in [5.74, 6) is 0.0183. The second kappa shape index (κ2) is 12.9. The lowest BCUT2D eigenvalue weighted by atomic mass is 9.94. The van der Waals surface area contributed by atoms with Crippen molar-refractivity contribution in [3.63, 3.8) is 0 Å². The molecule has 2 aromatic heterocycles. The van der Waals surface area contributed by atoms with Crippen molar-refractivity contribution in [3.8, 4) is 22.8 Å². The van der Waals surface area contributed by atoms with Gasteiger partial charge in [-0.1, -0.05) is 26.8 Å². The van der Waals surface area contributed by atoms with Gasteiger partial charge < -0.3 is 29.8 Å². The summed E-state index contributed by atoms with van der Waals surface area (Å²) >= 11 is 0. The van der Waals surface area contributed by atoms with Crippen molar-refractivity contribution in [2.24, 2.45) is 0 Å². The predicted octanol–water partition coefficient (Wildman–Crippen LogP) is 5.65. The molecule has 1 amide bonds. The van der Waals surface area contributed by atoms with Gasteiger partial charge in [0.2, 0.25) is 0 Å². The molecule has 1 unspecified atom stereocenters. The number of fused-ring (bicyclic) bond motifs is 1. The Bertz CT molecular complexity index is 1160. The summed E-state index contributed by atoms with van der Waals surface area (Å²) in [5.41, 5.74) is 3.63. The number of H-pyrrole nitrogens is 1. The molecule has 0 spiro atoms. The van der Waals surface area contributed by atoms with E-state index in [1.54, 1.807) is 24.5 Å². The molecule has 0 saturated heterocycles. The number of methoxy groups -OCH3 is 1. The van der Waals surface area contributed by atoms with Crippen molar-refractivity contribution in [2.45, 2.75) is 40.0 Å². The number of carbonyl (C=O) groups excluding carboxylic acids is 1. The van der Waals surface area contributed by atoms with Gasteiger partial charge in [-0.25, -0.2) is 4.39 Å². The minimum Gasteiger partial charge on any atom is -0.492 e. The number of carbonyl (C=O) groups is 1. The molecule has 0 fully saturated rings. The number of hydrogen-bond acceptors (Lipinski definition) is 6. The monoisotopic (exact) mass is 498 g/mol. The SMILES string of the molecule is CC.CCOCCOc1cnccc1-c1[nH]c2c(c1Nc1cccc(F)c1OC)C(=O)NCC2CC. The third kappa shape index (κ3) is 5.62. The summed E-state index contributed by atoms with van der Waals surface area (Å²) in [6.07, 6.45) is 4.13. The van der Waals surface area contributed by atoms with Gasteiger partial charge in [-0.05, 0) is 31.5 Å². The predicted molar refractivity (Wildman–Crippen MR) is 139 cm³/mol. The lowest BCUT2D eigenvalue weighted by Crippen LogP contribution is -2.34. The van der Waals surface area contributed by atoms with E-state index >= 15 is 0 Å². The fourth-order valence-electron chi connectivity index (χ4n) is 4.15. The van der Waals surface area contributed by atoms with Gasteiger partial charge in [0.15, 0.2) is 11.6 Å². The number of halogens is 1. The van der Waals surface area contributed by atoms with Crippen LogP contribution in [0.15, 0.2) is 36.7 Å². The maximum atomic E-state index is 14.4. The maximum Gasteiger partial charge on any atom is 0.255 e. The Kier molecular flexibility index (Phi) is 9.69.